The molecule has 0 spiro atoms. The fourth-order valence-electron chi connectivity index (χ4n) is 1.50. The van der Waals surface area contributed by atoms with Crippen LogP contribution in [0.25, 0.3) is 0 Å². The summed E-state index contributed by atoms with van der Waals surface area (Å²) in [7, 11) is -4.14. The van der Waals surface area contributed by atoms with Crippen LogP contribution in [0, 0.1) is 17.6 Å². The zero-order chi connectivity index (χ0) is 15.3. The number of hydrogen-bond acceptors (Lipinski definition) is 3. The number of benzene rings is 1. The summed E-state index contributed by atoms with van der Waals surface area (Å²) in [4.78, 5) is 9.80. The SMILES string of the molecule is CC(CCCNS(=O)(=O)c1cc(F)ccc1F)C(=O)O. The fourth-order valence-corrected chi connectivity index (χ4v) is 2.66. The van der Waals surface area contributed by atoms with Crippen molar-refractivity contribution >= 4 is 16.0 Å². The van der Waals surface area contributed by atoms with Crippen LogP contribution in [0.1, 0.15) is 19.8 Å². The van der Waals surface area contributed by atoms with Crippen LogP contribution in [-0.4, -0.2) is 26.0 Å². The minimum atomic E-state index is -4.14. The van der Waals surface area contributed by atoms with E-state index in [0.29, 0.717) is 6.07 Å². The van der Waals surface area contributed by atoms with Crippen LogP contribution in [0.15, 0.2) is 23.1 Å². The standard InChI is InChI=1S/C12H15F2NO4S/c1-8(12(16)17)3-2-6-15-20(18,19)11-7-9(13)4-5-10(11)14/h4-5,7-8,15H,2-3,6H2,1H3,(H,16,17). The van der Waals surface area contributed by atoms with Crippen molar-refractivity contribution in [1.29, 1.82) is 0 Å². The minimum Gasteiger partial charge on any atom is -0.481 e. The van der Waals surface area contributed by atoms with E-state index in [2.05, 4.69) is 4.72 Å². The summed E-state index contributed by atoms with van der Waals surface area (Å²) in [5, 5.41) is 8.66. The Balaban J connectivity index is 2.62. The third-order valence-corrected chi connectivity index (χ3v) is 4.19. The summed E-state index contributed by atoms with van der Waals surface area (Å²) < 4.78 is 51.9. The van der Waals surface area contributed by atoms with Crippen LogP contribution in [-0.2, 0) is 14.8 Å². The number of halogens is 2. The van der Waals surface area contributed by atoms with Crippen LogP contribution in [0.4, 0.5) is 8.78 Å². The molecule has 1 aromatic carbocycles. The largest absolute Gasteiger partial charge is 0.481 e. The molecule has 0 heterocycles. The van der Waals surface area contributed by atoms with Crippen molar-refractivity contribution in [1.82, 2.24) is 4.72 Å². The summed E-state index contributed by atoms with van der Waals surface area (Å²) in [6.45, 7) is 1.46. The van der Waals surface area contributed by atoms with E-state index in [0.717, 1.165) is 12.1 Å². The lowest BCUT2D eigenvalue weighted by molar-refractivity contribution is -0.141. The maximum absolute atomic E-state index is 13.3. The lowest BCUT2D eigenvalue weighted by Crippen LogP contribution is -2.26. The molecule has 0 radical (unpaired) electrons. The average molecular weight is 307 g/mol. The van der Waals surface area contributed by atoms with Gasteiger partial charge in [-0.15, -0.1) is 0 Å². The van der Waals surface area contributed by atoms with Gasteiger partial charge in [-0.2, -0.15) is 0 Å². The Hall–Kier alpha value is -1.54. The molecule has 0 fully saturated rings. The molecule has 8 heteroatoms. The number of carbonyl (C=O) groups is 1. The molecule has 0 amide bonds. The summed E-state index contributed by atoms with van der Waals surface area (Å²) in [6, 6.07) is 2.15. The second kappa shape index (κ2) is 6.76. The van der Waals surface area contributed by atoms with Crippen LogP contribution in [0.2, 0.25) is 0 Å². The summed E-state index contributed by atoms with van der Waals surface area (Å²) >= 11 is 0. The number of carboxylic acid groups (broad SMARTS) is 1. The molecule has 0 aliphatic carbocycles. The number of carboxylic acids is 1. The Morgan fingerprint density at radius 3 is 2.65 bits per heavy atom. The number of hydrogen-bond donors (Lipinski definition) is 2. The average Bonchev–Trinajstić information content (AvgIpc) is 2.37. The Morgan fingerprint density at radius 2 is 2.05 bits per heavy atom. The van der Waals surface area contributed by atoms with Crippen molar-refractivity contribution in [2.75, 3.05) is 6.54 Å². The first kappa shape index (κ1) is 16.5. The highest BCUT2D eigenvalue weighted by Gasteiger charge is 2.19. The van der Waals surface area contributed by atoms with Gasteiger partial charge in [0.25, 0.3) is 0 Å². The lowest BCUT2D eigenvalue weighted by atomic mass is 10.1. The third-order valence-electron chi connectivity index (χ3n) is 2.71. The Labute approximate surface area is 115 Å². The minimum absolute atomic E-state index is 0.0457. The van der Waals surface area contributed by atoms with Gasteiger partial charge >= 0.3 is 5.97 Å². The second-order valence-electron chi connectivity index (χ2n) is 4.35. The maximum atomic E-state index is 13.3. The van der Waals surface area contributed by atoms with Gasteiger partial charge in [0.05, 0.1) is 5.92 Å². The quantitative estimate of drug-likeness (QED) is 0.752. The summed E-state index contributed by atoms with van der Waals surface area (Å²) in [5.41, 5.74) is 0. The van der Waals surface area contributed by atoms with Crippen molar-refractivity contribution in [3.05, 3.63) is 29.8 Å². The molecule has 1 aromatic rings. The molecule has 1 rings (SSSR count). The van der Waals surface area contributed by atoms with Crippen LogP contribution in [0.3, 0.4) is 0 Å². The van der Waals surface area contributed by atoms with Crippen molar-refractivity contribution in [3.63, 3.8) is 0 Å². The van der Waals surface area contributed by atoms with E-state index in [-0.39, 0.29) is 19.4 Å². The van der Waals surface area contributed by atoms with Gasteiger partial charge in [0.1, 0.15) is 16.5 Å². The fraction of sp³-hybridized carbons (Fsp3) is 0.417. The predicted molar refractivity (Wildman–Crippen MR) is 67.6 cm³/mol. The number of sulfonamides is 1. The van der Waals surface area contributed by atoms with Crippen LogP contribution < -0.4 is 4.72 Å². The molecule has 2 N–H and O–H groups in total. The van der Waals surface area contributed by atoms with E-state index >= 15 is 0 Å². The van der Waals surface area contributed by atoms with E-state index in [1.54, 1.807) is 0 Å². The molecule has 20 heavy (non-hydrogen) atoms. The van der Waals surface area contributed by atoms with Gasteiger partial charge in [-0.25, -0.2) is 21.9 Å². The maximum Gasteiger partial charge on any atom is 0.306 e. The molecule has 0 saturated heterocycles. The normalized spacial score (nSPS) is 13.2. The molecular weight excluding hydrogens is 292 g/mol. The number of nitrogens with one attached hydrogen (secondary N) is 1. The highest BCUT2D eigenvalue weighted by molar-refractivity contribution is 7.89. The van der Waals surface area contributed by atoms with Crippen molar-refractivity contribution < 1.29 is 27.1 Å². The van der Waals surface area contributed by atoms with E-state index in [1.165, 1.54) is 6.92 Å². The van der Waals surface area contributed by atoms with Gasteiger partial charge < -0.3 is 5.11 Å². The van der Waals surface area contributed by atoms with Crippen LogP contribution >= 0.6 is 0 Å². The summed E-state index contributed by atoms with van der Waals surface area (Å²) in [6.07, 6.45) is 0.563. The van der Waals surface area contributed by atoms with E-state index in [1.807, 2.05) is 0 Å². The second-order valence-corrected chi connectivity index (χ2v) is 6.09. The van der Waals surface area contributed by atoms with E-state index in [9.17, 15) is 22.0 Å². The predicted octanol–water partition coefficient (Wildman–Crippen LogP) is 1.74. The van der Waals surface area contributed by atoms with Gasteiger partial charge in [-0.05, 0) is 31.0 Å². The van der Waals surface area contributed by atoms with Crippen molar-refractivity contribution in [3.8, 4) is 0 Å². The monoisotopic (exact) mass is 307 g/mol. The van der Waals surface area contributed by atoms with Gasteiger partial charge in [0.15, 0.2) is 0 Å². The van der Waals surface area contributed by atoms with Gasteiger partial charge in [0.2, 0.25) is 10.0 Å². The molecule has 0 aromatic heterocycles. The lowest BCUT2D eigenvalue weighted by Gasteiger charge is -2.09. The van der Waals surface area contributed by atoms with Crippen molar-refractivity contribution in [2.24, 2.45) is 5.92 Å². The van der Waals surface area contributed by atoms with Gasteiger partial charge in [-0.1, -0.05) is 6.92 Å². The molecule has 1 unspecified atom stereocenters. The number of aliphatic carboxylic acids is 1. The molecule has 0 bridgehead atoms. The highest BCUT2D eigenvalue weighted by Crippen LogP contribution is 2.15. The zero-order valence-corrected chi connectivity index (χ0v) is 11.6. The van der Waals surface area contributed by atoms with Gasteiger partial charge in [-0.3, -0.25) is 4.79 Å². The first-order valence-corrected chi connectivity index (χ1v) is 7.40. The number of rotatable bonds is 7. The molecule has 1 atom stereocenters. The Morgan fingerprint density at radius 1 is 1.40 bits per heavy atom. The van der Waals surface area contributed by atoms with E-state index in [4.69, 9.17) is 5.11 Å². The summed E-state index contributed by atoms with van der Waals surface area (Å²) in [5.74, 6) is -3.46. The molecular formula is C12H15F2NO4S. The first-order valence-electron chi connectivity index (χ1n) is 5.91. The zero-order valence-electron chi connectivity index (χ0n) is 10.8. The van der Waals surface area contributed by atoms with Crippen LogP contribution in [0.5, 0.6) is 0 Å². The third kappa shape index (κ3) is 4.53. The molecule has 0 saturated carbocycles. The van der Waals surface area contributed by atoms with Gasteiger partial charge in [0, 0.05) is 6.54 Å². The first-order chi connectivity index (χ1) is 9.24. The molecule has 0 aliphatic rings. The van der Waals surface area contributed by atoms with Crippen molar-refractivity contribution in [2.45, 2.75) is 24.7 Å². The van der Waals surface area contributed by atoms with E-state index < -0.39 is 38.4 Å². The molecule has 0 aliphatic heterocycles. The molecule has 5 nitrogen and oxygen atoms in total. The smallest absolute Gasteiger partial charge is 0.306 e. The topological polar surface area (TPSA) is 83.5 Å². The Bertz CT molecular complexity index is 589. The Kier molecular flexibility index (Phi) is 5.58. The highest BCUT2D eigenvalue weighted by atomic mass is 32.2. The molecule has 112 valence electrons.